The molecule has 0 aromatic rings. The molecule has 1 atom stereocenters. The molecule has 0 radical (unpaired) electrons. The average Bonchev–Trinajstić information content (AvgIpc) is 2.16. The van der Waals surface area contributed by atoms with Crippen molar-refractivity contribution in [2.24, 2.45) is 10.9 Å². The summed E-state index contributed by atoms with van der Waals surface area (Å²) in [5.41, 5.74) is 0. The molecule has 3 nitrogen and oxygen atoms in total. The monoisotopic (exact) mass is 243 g/mol. The van der Waals surface area contributed by atoms with Gasteiger partial charge < -0.3 is 10.2 Å². The Bertz CT molecular complexity index is 216. The molecule has 1 aliphatic rings. The van der Waals surface area contributed by atoms with E-state index in [0.717, 1.165) is 24.2 Å². The number of thioether (sulfide) groups is 1. The molecule has 16 heavy (non-hydrogen) atoms. The summed E-state index contributed by atoms with van der Waals surface area (Å²) >= 11 is 1.87. The Hall–Kier alpha value is -0.220. The van der Waals surface area contributed by atoms with Crippen LogP contribution in [0.5, 0.6) is 0 Å². The summed E-state index contributed by atoms with van der Waals surface area (Å²) in [5, 5.41) is 4.74. The Balaban J connectivity index is 2.44. The van der Waals surface area contributed by atoms with Crippen LogP contribution in [0, 0.1) is 5.92 Å². The van der Waals surface area contributed by atoms with Gasteiger partial charge in [-0.05, 0) is 32.9 Å². The van der Waals surface area contributed by atoms with Crippen LogP contribution in [0.15, 0.2) is 4.99 Å². The van der Waals surface area contributed by atoms with Crippen LogP contribution in [-0.2, 0) is 0 Å². The lowest BCUT2D eigenvalue weighted by Crippen LogP contribution is -2.42. The molecule has 0 amide bonds. The molecular formula is C12H25N3S. The molecule has 1 heterocycles. The summed E-state index contributed by atoms with van der Waals surface area (Å²) in [7, 11) is 4.26. The van der Waals surface area contributed by atoms with Gasteiger partial charge in [0.15, 0.2) is 5.17 Å². The van der Waals surface area contributed by atoms with Crippen LogP contribution >= 0.6 is 11.8 Å². The number of nitrogens with one attached hydrogen (secondary N) is 1. The SMILES string of the molecule is CC(C)CC(CN(C)C)NC1=NCCCS1. The number of amidine groups is 1. The van der Waals surface area contributed by atoms with E-state index in [1.807, 2.05) is 11.8 Å². The van der Waals surface area contributed by atoms with Crippen molar-refractivity contribution in [2.45, 2.75) is 32.7 Å². The zero-order valence-corrected chi connectivity index (χ0v) is 11.8. The standard InChI is InChI=1S/C12H25N3S/c1-10(2)8-11(9-15(3)4)14-12-13-6-5-7-16-12/h10-11H,5-9H2,1-4H3,(H,13,14). The van der Waals surface area contributed by atoms with Gasteiger partial charge in [-0.2, -0.15) is 0 Å². The van der Waals surface area contributed by atoms with Crippen molar-refractivity contribution >= 4 is 16.9 Å². The molecule has 0 saturated heterocycles. The van der Waals surface area contributed by atoms with Crippen LogP contribution in [0.3, 0.4) is 0 Å². The van der Waals surface area contributed by atoms with Crippen molar-refractivity contribution < 1.29 is 0 Å². The fraction of sp³-hybridized carbons (Fsp3) is 0.917. The molecule has 0 aromatic heterocycles. The lowest BCUT2D eigenvalue weighted by molar-refractivity contribution is 0.329. The van der Waals surface area contributed by atoms with Crippen LogP contribution in [0.4, 0.5) is 0 Å². The maximum atomic E-state index is 4.53. The van der Waals surface area contributed by atoms with Gasteiger partial charge in [-0.25, -0.2) is 0 Å². The molecule has 1 N–H and O–H groups in total. The summed E-state index contributed by atoms with van der Waals surface area (Å²) in [6.07, 6.45) is 2.43. The predicted molar refractivity (Wildman–Crippen MR) is 74.3 cm³/mol. The molecule has 0 saturated carbocycles. The van der Waals surface area contributed by atoms with Gasteiger partial charge in [0, 0.05) is 24.9 Å². The highest BCUT2D eigenvalue weighted by Crippen LogP contribution is 2.13. The van der Waals surface area contributed by atoms with Crippen molar-refractivity contribution in [2.75, 3.05) is 32.9 Å². The van der Waals surface area contributed by atoms with Crippen LogP contribution in [0.1, 0.15) is 26.7 Å². The van der Waals surface area contributed by atoms with E-state index in [-0.39, 0.29) is 0 Å². The van der Waals surface area contributed by atoms with Crippen LogP contribution in [0.25, 0.3) is 0 Å². The topological polar surface area (TPSA) is 27.6 Å². The summed E-state index contributed by atoms with van der Waals surface area (Å²) < 4.78 is 0. The molecule has 1 unspecified atom stereocenters. The van der Waals surface area contributed by atoms with Crippen LogP contribution in [0.2, 0.25) is 0 Å². The van der Waals surface area contributed by atoms with Gasteiger partial charge in [0.25, 0.3) is 0 Å². The van der Waals surface area contributed by atoms with Gasteiger partial charge in [0.1, 0.15) is 0 Å². The molecule has 4 heteroatoms. The van der Waals surface area contributed by atoms with E-state index in [2.05, 4.69) is 43.2 Å². The average molecular weight is 243 g/mol. The zero-order valence-electron chi connectivity index (χ0n) is 11.0. The van der Waals surface area contributed by atoms with Crippen molar-refractivity contribution in [3.05, 3.63) is 0 Å². The second-order valence-electron chi connectivity index (χ2n) is 5.12. The smallest absolute Gasteiger partial charge is 0.156 e. The number of likely N-dealkylation sites (N-methyl/N-ethyl adjacent to an activating group) is 1. The molecule has 0 fully saturated rings. The molecule has 1 aliphatic heterocycles. The van der Waals surface area contributed by atoms with Crippen molar-refractivity contribution in [1.29, 1.82) is 0 Å². The van der Waals surface area contributed by atoms with E-state index in [0.29, 0.717) is 6.04 Å². The fourth-order valence-electron chi connectivity index (χ4n) is 1.91. The Morgan fingerprint density at radius 2 is 2.19 bits per heavy atom. The third-order valence-electron chi connectivity index (χ3n) is 2.47. The van der Waals surface area contributed by atoms with Gasteiger partial charge in [0.2, 0.25) is 0 Å². The van der Waals surface area contributed by atoms with Crippen molar-refractivity contribution in [3.63, 3.8) is 0 Å². The molecule has 0 bridgehead atoms. The van der Waals surface area contributed by atoms with Gasteiger partial charge in [-0.15, -0.1) is 0 Å². The van der Waals surface area contributed by atoms with Gasteiger partial charge in [0.05, 0.1) is 0 Å². The third-order valence-corrected chi connectivity index (χ3v) is 3.48. The molecular weight excluding hydrogens is 218 g/mol. The van der Waals surface area contributed by atoms with Gasteiger partial charge in [-0.3, -0.25) is 4.99 Å². The summed E-state index contributed by atoms with van der Waals surface area (Å²) in [4.78, 5) is 6.78. The molecule has 0 aromatic carbocycles. The zero-order chi connectivity index (χ0) is 12.0. The van der Waals surface area contributed by atoms with Crippen molar-refractivity contribution in [1.82, 2.24) is 10.2 Å². The minimum atomic E-state index is 0.527. The lowest BCUT2D eigenvalue weighted by Gasteiger charge is -2.26. The van der Waals surface area contributed by atoms with E-state index in [1.165, 1.54) is 18.6 Å². The van der Waals surface area contributed by atoms with Gasteiger partial charge in [-0.1, -0.05) is 25.6 Å². The Kier molecular flexibility index (Phi) is 6.21. The number of hydrogen-bond acceptors (Lipinski definition) is 4. The molecule has 1 rings (SSSR count). The highest BCUT2D eigenvalue weighted by atomic mass is 32.2. The Morgan fingerprint density at radius 1 is 1.44 bits per heavy atom. The molecule has 0 aliphatic carbocycles. The summed E-state index contributed by atoms with van der Waals surface area (Å²) in [5.74, 6) is 1.94. The summed E-state index contributed by atoms with van der Waals surface area (Å²) in [6.45, 7) is 6.63. The fourth-order valence-corrected chi connectivity index (χ4v) is 2.81. The number of hydrogen-bond donors (Lipinski definition) is 1. The predicted octanol–water partition coefficient (Wildman–Crippen LogP) is 2.05. The number of nitrogens with zero attached hydrogens (tertiary/aromatic N) is 2. The first-order valence-corrected chi connectivity index (χ1v) is 7.15. The Labute approximate surface area is 104 Å². The first kappa shape index (κ1) is 13.8. The van der Waals surface area contributed by atoms with E-state index in [4.69, 9.17) is 0 Å². The number of rotatable bonds is 5. The summed E-state index contributed by atoms with van der Waals surface area (Å²) in [6, 6.07) is 0.527. The van der Waals surface area contributed by atoms with E-state index >= 15 is 0 Å². The first-order chi connectivity index (χ1) is 7.58. The van der Waals surface area contributed by atoms with Crippen LogP contribution < -0.4 is 5.32 Å². The largest absolute Gasteiger partial charge is 0.361 e. The molecule has 94 valence electrons. The molecule has 0 spiro atoms. The minimum absolute atomic E-state index is 0.527. The Morgan fingerprint density at radius 3 is 2.69 bits per heavy atom. The highest BCUT2D eigenvalue weighted by molar-refractivity contribution is 8.13. The first-order valence-electron chi connectivity index (χ1n) is 6.16. The maximum Gasteiger partial charge on any atom is 0.156 e. The highest BCUT2D eigenvalue weighted by Gasteiger charge is 2.15. The van der Waals surface area contributed by atoms with E-state index in [9.17, 15) is 0 Å². The lowest BCUT2D eigenvalue weighted by atomic mass is 10.0. The number of aliphatic imine (C=N–C) groups is 1. The third kappa shape index (κ3) is 5.75. The maximum absolute atomic E-state index is 4.53. The van der Waals surface area contributed by atoms with E-state index < -0.39 is 0 Å². The van der Waals surface area contributed by atoms with Crippen LogP contribution in [-0.4, -0.2) is 49.0 Å². The second kappa shape index (κ2) is 7.17. The van der Waals surface area contributed by atoms with Crippen molar-refractivity contribution in [3.8, 4) is 0 Å². The second-order valence-corrected chi connectivity index (χ2v) is 6.21. The van der Waals surface area contributed by atoms with E-state index in [1.54, 1.807) is 0 Å². The normalized spacial score (nSPS) is 18.8. The van der Waals surface area contributed by atoms with Gasteiger partial charge >= 0.3 is 0 Å². The minimum Gasteiger partial charge on any atom is -0.361 e. The quantitative estimate of drug-likeness (QED) is 0.801.